The quantitative estimate of drug-likeness (QED) is 0.775. The maximum atomic E-state index is 6.03. The van der Waals surface area contributed by atoms with Crippen molar-refractivity contribution >= 4 is 0 Å². The van der Waals surface area contributed by atoms with Gasteiger partial charge in [-0.25, -0.2) is 0 Å². The van der Waals surface area contributed by atoms with Crippen molar-refractivity contribution in [2.24, 2.45) is 0 Å². The summed E-state index contributed by atoms with van der Waals surface area (Å²) in [5.41, 5.74) is 2.57. The fourth-order valence-corrected chi connectivity index (χ4v) is 2.73. The van der Waals surface area contributed by atoms with Crippen LogP contribution in [0.15, 0.2) is 24.3 Å². The van der Waals surface area contributed by atoms with Gasteiger partial charge in [0.15, 0.2) is 5.79 Å². The number of hydrogen-bond acceptors (Lipinski definition) is 2. The summed E-state index contributed by atoms with van der Waals surface area (Å²) in [5.74, 6) is -0.243. The smallest absolute Gasteiger partial charge is 0.169 e. The molecule has 2 bridgehead atoms. The largest absolute Gasteiger partial charge is 0.347 e. The summed E-state index contributed by atoms with van der Waals surface area (Å²) >= 11 is 0. The molecule has 0 saturated carbocycles. The summed E-state index contributed by atoms with van der Waals surface area (Å²) in [4.78, 5) is 0. The molecular weight excluding hydrogens is 200 g/mol. The van der Waals surface area contributed by atoms with E-state index in [9.17, 15) is 0 Å². The average molecular weight is 218 g/mol. The van der Waals surface area contributed by atoms with Gasteiger partial charge >= 0.3 is 0 Å². The highest BCUT2D eigenvalue weighted by molar-refractivity contribution is 5.24. The maximum absolute atomic E-state index is 6.03. The summed E-state index contributed by atoms with van der Waals surface area (Å²) in [6.45, 7) is 2.81. The summed E-state index contributed by atoms with van der Waals surface area (Å²) in [6, 6.07) is 8.39. The van der Waals surface area contributed by atoms with E-state index in [0.717, 1.165) is 12.8 Å². The van der Waals surface area contributed by atoms with Crippen LogP contribution in [-0.2, 0) is 16.1 Å². The van der Waals surface area contributed by atoms with Gasteiger partial charge in [0.05, 0.1) is 12.7 Å². The second kappa shape index (κ2) is 3.86. The lowest BCUT2D eigenvalue weighted by molar-refractivity contribution is -0.205. The topological polar surface area (TPSA) is 18.5 Å². The Balaban J connectivity index is 1.67. The van der Waals surface area contributed by atoms with Gasteiger partial charge in [0, 0.05) is 12.8 Å². The first-order chi connectivity index (χ1) is 7.77. The Bertz CT molecular complexity index is 378. The van der Waals surface area contributed by atoms with Gasteiger partial charge in [0.25, 0.3) is 0 Å². The van der Waals surface area contributed by atoms with E-state index in [0.29, 0.717) is 12.7 Å². The van der Waals surface area contributed by atoms with Crippen molar-refractivity contribution in [2.75, 3.05) is 0 Å². The van der Waals surface area contributed by atoms with Crippen LogP contribution in [0.1, 0.15) is 36.8 Å². The Morgan fingerprint density at radius 1 is 1.31 bits per heavy atom. The van der Waals surface area contributed by atoms with Gasteiger partial charge < -0.3 is 9.47 Å². The molecular formula is C14H18O2. The van der Waals surface area contributed by atoms with Crippen molar-refractivity contribution in [1.82, 2.24) is 0 Å². The van der Waals surface area contributed by atoms with Gasteiger partial charge in [-0.1, -0.05) is 24.3 Å². The van der Waals surface area contributed by atoms with Crippen molar-refractivity contribution in [3.05, 3.63) is 35.4 Å². The Labute approximate surface area is 96.6 Å². The molecule has 3 rings (SSSR count). The number of aryl methyl sites for hydroxylation is 1. The molecule has 86 valence electrons. The molecule has 2 heteroatoms. The minimum Gasteiger partial charge on any atom is -0.347 e. The number of hydrogen-bond donors (Lipinski definition) is 0. The second-order valence-corrected chi connectivity index (χ2v) is 4.94. The lowest BCUT2D eigenvalue weighted by Crippen LogP contribution is -2.28. The van der Waals surface area contributed by atoms with Crippen LogP contribution in [0.5, 0.6) is 0 Å². The average Bonchev–Trinajstić information content (AvgIpc) is 2.89. The van der Waals surface area contributed by atoms with Crippen LogP contribution in [0, 0.1) is 6.92 Å². The SMILES string of the molecule is Cc1ccccc1COC12CCC(CC1)O2. The standard InChI is InChI=1S/C14H18O2/c1-11-4-2-3-5-12(11)10-15-14-8-6-13(16-14)7-9-14/h2-5,13H,6-10H2,1H3. The molecule has 2 saturated heterocycles. The molecule has 1 aromatic rings. The van der Waals surface area contributed by atoms with Crippen molar-refractivity contribution in [1.29, 1.82) is 0 Å². The van der Waals surface area contributed by atoms with Crippen LogP contribution in [0.25, 0.3) is 0 Å². The highest BCUT2D eigenvalue weighted by Gasteiger charge is 2.47. The summed E-state index contributed by atoms with van der Waals surface area (Å²) in [6.07, 6.45) is 4.96. The third kappa shape index (κ3) is 1.76. The molecule has 16 heavy (non-hydrogen) atoms. The van der Waals surface area contributed by atoms with Gasteiger partial charge in [0.2, 0.25) is 0 Å². The van der Waals surface area contributed by atoms with E-state index in [1.165, 1.54) is 24.0 Å². The van der Waals surface area contributed by atoms with E-state index < -0.39 is 0 Å². The first-order valence-electron chi connectivity index (χ1n) is 6.14. The normalized spacial score (nSPS) is 32.2. The predicted octanol–water partition coefficient (Wildman–Crippen LogP) is 3.18. The molecule has 2 aliphatic heterocycles. The molecule has 0 aliphatic carbocycles. The van der Waals surface area contributed by atoms with E-state index in [2.05, 4.69) is 31.2 Å². The minimum atomic E-state index is -0.243. The molecule has 2 aliphatic rings. The van der Waals surface area contributed by atoms with Crippen molar-refractivity contribution in [3.63, 3.8) is 0 Å². The fraction of sp³-hybridized carbons (Fsp3) is 0.571. The van der Waals surface area contributed by atoms with E-state index in [-0.39, 0.29) is 5.79 Å². The zero-order valence-corrected chi connectivity index (χ0v) is 9.74. The van der Waals surface area contributed by atoms with Crippen LogP contribution < -0.4 is 0 Å². The number of benzene rings is 1. The summed E-state index contributed by atoms with van der Waals surface area (Å²) in [5, 5.41) is 0. The van der Waals surface area contributed by atoms with Crippen molar-refractivity contribution in [2.45, 2.75) is 51.1 Å². The predicted molar refractivity (Wildman–Crippen MR) is 62.0 cm³/mol. The number of fused-ring (bicyclic) bond motifs is 2. The van der Waals surface area contributed by atoms with Gasteiger partial charge in [0.1, 0.15) is 0 Å². The van der Waals surface area contributed by atoms with Gasteiger partial charge in [-0.05, 0) is 30.9 Å². The van der Waals surface area contributed by atoms with Crippen LogP contribution in [0.3, 0.4) is 0 Å². The van der Waals surface area contributed by atoms with Crippen molar-refractivity contribution < 1.29 is 9.47 Å². The lowest BCUT2D eigenvalue weighted by Gasteiger charge is -2.25. The molecule has 0 spiro atoms. The zero-order valence-electron chi connectivity index (χ0n) is 9.74. The molecule has 2 heterocycles. The Kier molecular flexibility index (Phi) is 2.49. The number of ether oxygens (including phenoxy) is 2. The van der Waals surface area contributed by atoms with Crippen LogP contribution >= 0.6 is 0 Å². The van der Waals surface area contributed by atoms with E-state index in [4.69, 9.17) is 9.47 Å². The van der Waals surface area contributed by atoms with Gasteiger partial charge in [-0.15, -0.1) is 0 Å². The molecule has 0 amide bonds. The van der Waals surface area contributed by atoms with E-state index in [1.807, 2.05) is 0 Å². The second-order valence-electron chi connectivity index (χ2n) is 4.94. The fourth-order valence-electron chi connectivity index (χ4n) is 2.73. The zero-order chi connectivity index (χ0) is 11.0. The molecule has 0 unspecified atom stereocenters. The van der Waals surface area contributed by atoms with Gasteiger partial charge in [-0.3, -0.25) is 0 Å². The first kappa shape index (κ1) is 10.3. The molecule has 0 atom stereocenters. The molecule has 2 nitrogen and oxygen atoms in total. The Morgan fingerprint density at radius 3 is 2.69 bits per heavy atom. The Morgan fingerprint density at radius 2 is 2.06 bits per heavy atom. The minimum absolute atomic E-state index is 0.243. The molecule has 2 fully saturated rings. The molecule has 1 aromatic carbocycles. The highest BCUT2D eigenvalue weighted by Crippen LogP contribution is 2.44. The summed E-state index contributed by atoms with van der Waals surface area (Å²) < 4.78 is 11.9. The first-order valence-corrected chi connectivity index (χ1v) is 6.14. The highest BCUT2D eigenvalue weighted by atomic mass is 16.7. The van der Waals surface area contributed by atoms with Crippen LogP contribution in [0.2, 0.25) is 0 Å². The van der Waals surface area contributed by atoms with E-state index in [1.54, 1.807) is 0 Å². The van der Waals surface area contributed by atoms with Crippen molar-refractivity contribution in [3.8, 4) is 0 Å². The van der Waals surface area contributed by atoms with Crippen LogP contribution in [0.4, 0.5) is 0 Å². The maximum Gasteiger partial charge on any atom is 0.169 e. The molecule has 0 aromatic heterocycles. The Hall–Kier alpha value is -0.860. The molecule has 0 N–H and O–H groups in total. The van der Waals surface area contributed by atoms with E-state index >= 15 is 0 Å². The third-order valence-electron chi connectivity index (χ3n) is 3.83. The number of rotatable bonds is 3. The summed E-state index contributed by atoms with van der Waals surface area (Å²) in [7, 11) is 0. The lowest BCUT2D eigenvalue weighted by atomic mass is 9.97. The van der Waals surface area contributed by atoms with Gasteiger partial charge in [-0.2, -0.15) is 0 Å². The monoisotopic (exact) mass is 218 g/mol. The third-order valence-corrected chi connectivity index (χ3v) is 3.83. The van der Waals surface area contributed by atoms with Crippen LogP contribution in [-0.4, -0.2) is 11.9 Å². The molecule has 0 radical (unpaired) electrons.